The van der Waals surface area contributed by atoms with Crippen molar-refractivity contribution >= 4 is 0 Å². The Bertz CT molecular complexity index is 319. The van der Waals surface area contributed by atoms with Crippen molar-refractivity contribution in [3.05, 3.63) is 33.9 Å². The molecule has 86 valence electrons. The molecule has 0 aromatic heterocycles. The second kappa shape index (κ2) is 5.95. The Kier molecular flexibility index (Phi) is 5.64. The average Bonchev–Trinajstić information content (AvgIpc) is 2.17. The number of aryl methyl sites for hydroxylation is 2. The van der Waals surface area contributed by atoms with Gasteiger partial charge in [-0.15, -0.1) is 0 Å². The summed E-state index contributed by atoms with van der Waals surface area (Å²) in [6.45, 7) is 17.4. The van der Waals surface area contributed by atoms with Crippen molar-refractivity contribution < 1.29 is 0 Å². The van der Waals surface area contributed by atoms with E-state index in [1.165, 1.54) is 27.8 Å². The number of rotatable bonds is 1. The smallest absolute Gasteiger partial charge is 0.0213 e. The number of benzene rings is 1. The Balaban J connectivity index is 0.000000921. The molecule has 0 unspecified atom stereocenters. The predicted molar refractivity (Wildman–Crippen MR) is 70.8 cm³/mol. The van der Waals surface area contributed by atoms with Crippen LogP contribution in [0.4, 0.5) is 0 Å². The maximum atomic E-state index is 2.30. The van der Waals surface area contributed by atoms with Crippen LogP contribution < -0.4 is 0 Å². The molecule has 0 N–H and O–H groups in total. The van der Waals surface area contributed by atoms with Crippen molar-refractivity contribution in [1.29, 1.82) is 0 Å². The van der Waals surface area contributed by atoms with Crippen LogP contribution >= 0.6 is 0 Å². The van der Waals surface area contributed by atoms with Crippen LogP contribution in [0.3, 0.4) is 0 Å². The molecule has 0 heteroatoms. The molecular formula is C15H26. The van der Waals surface area contributed by atoms with Crippen LogP contribution in [0.15, 0.2) is 6.07 Å². The summed E-state index contributed by atoms with van der Waals surface area (Å²) in [6.07, 6.45) is 0. The van der Waals surface area contributed by atoms with Gasteiger partial charge in [0.05, 0.1) is 0 Å². The maximum absolute atomic E-state index is 2.30. The molecule has 0 aliphatic heterocycles. The topological polar surface area (TPSA) is 0 Å². The van der Waals surface area contributed by atoms with Gasteiger partial charge in [-0.1, -0.05) is 33.8 Å². The lowest BCUT2D eigenvalue weighted by Gasteiger charge is -2.17. The van der Waals surface area contributed by atoms with Crippen molar-refractivity contribution in [1.82, 2.24) is 0 Å². The van der Waals surface area contributed by atoms with Crippen molar-refractivity contribution in [2.75, 3.05) is 0 Å². The molecule has 0 bridgehead atoms. The van der Waals surface area contributed by atoms with Crippen LogP contribution in [0, 0.1) is 27.7 Å². The fourth-order valence-corrected chi connectivity index (χ4v) is 2.19. The number of hydrogen-bond acceptors (Lipinski definition) is 0. The predicted octanol–water partition coefficient (Wildman–Crippen LogP) is 5.07. The largest absolute Gasteiger partial charge is 0.0683 e. The first kappa shape index (κ1) is 14.2. The normalized spacial score (nSPS) is 9.93. The van der Waals surface area contributed by atoms with Gasteiger partial charge in [0.2, 0.25) is 0 Å². The summed E-state index contributed by atoms with van der Waals surface area (Å²) < 4.78 is 0. The zero-order valence-electron chi connectivity index (χ0n) is 11.7. The Morgan fingerprint density at radius 2 is 1.27 bits per heavy atom. The van der Waals surface area contributed by atoms with Gasteiger partial charge >= 0.3 is 0 Å². The minimum absolute atomic E-state index is 0.638. The van der Waals surface area contributed by atoms with Crippen molar-refractivity contribution in [2.24, 2.45) is 0 Å². The van der Waals surface area contributed by atoms with E-state index in [1.807, 2.05) is 13.8 Å². The van der Waals surface area contributed by atoms with Gasteiger partial charge in [-0.3, -0.25) is 0 Å². The summed E-state index contributed by atoms with van der Waals surface area (Å²) in [4.78, 5) is 0. The standard InChI is InChI=1S/C13H20.C2H6/c1-8(2)13-10(4)7-9(3)11(5)12(13)6;1-2/h7-8H,1-6H3;1-2H3. The first-order chi connectivity index (χ1) is 6.95. The van der Waals surface area contributed by atoms with E-state index >= 15 is 0 Å². The fourth-order valence-electron chi connectivity index (χ4n) is 2.19. The monoisotopic (exact) mass is 206 g/mol. The molecule has 0 radical (unpaired) electrons. The summed E-state index contributed by atoms with van der Waals surface area (Å²) in [6, 6.07) is 2.30. The molecule has 1 aromatic carbocycles. The minimum Gasteiger partial charge on any atom is -0.0683 e. The van der Waals surface area contributed by atoms with Gasteiger partial charge in [0, 0.05) is 0 Å². The highest BCUT2D eigenvalue weighted by Crippen LogP contribution is 2.27. The molecule has 1 rings (SSSR count). The Hall–Kier alpha value is -0.780. The molecule has 0 fully saturated rings. The molecular weight excluding hydrogens is 180 g/mol. The number of hydrogen-bond donors (Lipinski definition) is 0. The second-order valence-corrected chi connectivity index (χ2v) is 4.33. The van der Waals surface area contributed by atoms with Crippen molar-refractivity contribution in [2.45, 2.75) is 61.3 Å². The van der Waals surface area contributed by atoms with Gasteiger partial charge in [-0.25, -0.2) is 0 Å². The van der Waals surface area contributed by atoms with Gasteiger partial charge in [-0.2, -0.15) is 0 Å². The molecule has 0 aliphatic rings. The third-order valence-electron chi connectivity index (χ3n) is 2.99. The van der Waals surface area contributed by atoms with Gasteiger partial charge in [0.1, 0.15) is 0 Å². The van der Waals surface area contributed by atoms with E-state index in [1.54, 1.807) is 0 Å². The molecule has 15 heavy (non-hydrogen) atoms. The molecule has 0 heterocycles. The van der Waals surface area contributed by atoms with Crippen molar-refractivity contribution in [3.63, 3.8) is 0 Å². The maximum Gasteiger partial charge on any atom is -0.0213 e. The zero-order valence-corrected chi connectivity index (χ0v) is 11.7. The van der Waals surface area contributed by atoms with Crippen LogP contribution in [-0.4, -0.2) is 0 Å². The quantitative estimate of drug-likeness (QED) is 0.602. The lowest BCUT2D eigenvalue weighted by atomic mass is 9.88. The van der Waals surface area contributed by atoms with Crippen molar-refractivity contribution in [3.8, 4) is 0 Å². The summed E-state index contributed by atoms with van der Waals surface area (Å²) in [7, 11) is 0. The van der Waals surface area contributed by atoms with E-state index in [4.69, 9.17) is 0 Å². The van der Waals surface area contributed by atoms with E-state index < -0.39 is 0 Å². The van der Waals surface area contributed by atoms with Crippen LogP contribution in [0.1, 0.15) is 61.4 Å². The average molecular weight is 206 g/mol. The molecule has 0 nitrogen and oxygen atoms in total. The van der Waals surface area contributed by atoms with Crippen LogP contribution in [0.25, 0.3) is 0 Å². The second-order valence-electron chi connectivity index (χ2n) is 4.33. The van der Waals surface area contributed by atoms with E-state index in [0.29, 0.717) is 5.92 Å². The summed E-state index contributed by atoms with van der Waals surface area (Å²) in [5, 5.41) is 0. The molecule has 0 saturated carbocycles. The highest BCUT2D eigenvalue weighted by atomic mass is 14.2. The van der Waals surface area contributed by atoms with Gasteiger partial charge in [0.15, 0.2) is 0 Å². The lowest BCUT2D eigenvalue weighted by molar-refractivity contribution is 0.841. The third kappa shape index (κ3) is 3.09. The van der Waals surface area contributed by atoms with Gasteiger partial charge < -0.3 is 0 Å². The molecule has 0 saturated heterocycles. The minimum atomic E-state index is 0.638. The van der Waals surface area contributed by atoms with Crippen LogP contribution in [0.2, 0.25) is 0 Å². The van der Waals surface area contributed by atoms with Crippen LogP contribution in [0.5, 0.6) is 0 Å². The fraction of sp³-hybridized carbons (Fsp3) is 0.600. The SMILES string of the molecule is CC.Cc1cc(C)c(C(C)C)c(C)c1C. The zero-order chi connectivity index (χ0) is 12.2. The first-order valence-corrected chi connectivity index (χ1v) is 6.02. The molecule has 0 atom stereocenters. The highest BCUT2D eigenvalue weighted by molar-refractivity contribution is 5.45. The summed E-state index contributed by atoms with van der Waals surface area (Å²) >= 11 is 0. The van der Waals surface area contributed by atoms with Crippen LogP contribution in [-0.2, 0) is 0 Å². The summed E-state index contributed by atoms with van der Waals surface area (Å²) in [5.41, 5.74) is 7.32. The van der Waals surface area contributed by atoms with E-state index in [9.17, 15) is 0 Å². The van der Waals surface area contributed by atoms with E-state index in [-0.39, 0.29) is 0 Å². The van der Waals surface area contributed by atoms with Gasteiger partial charge in [-0.05, 0) is 61.4 Å². The molecule has 0 aliphatic carbocycles. The molecule has 0 spiro atoms. The lowest BCUT2D eigenvalue weighted by Crippen LogP contribution is -2.00. The van der Waals surface area contributed by atoms with E-state index in [2.05, 4.69) is 47.6 Å². The Labute approximate surface area is 95.7 Å². The third-order valence-corrected chi connectivity index (χ3v) is 2.99. The molecule has 1 aromatic rings. The van der Waals surface area contributed by atoms with Gasteiger partial charge in [0.25, 0.3) is 0 Å². The van der Waals surface area contributed by atoms with E-state index in [0.717, 1.165) is 0 Å². The summed E-state index contributed by atoms with van der Waals surface area (Å²) in [5.74, 6) is 0.638. The first-order valence-electron chi connectivity index (χ1n) is 6.02. The Morgan fingerprint density at radius 1 is 0.800 bits per heavy atom. The molecule has 0 amide bonds. The highest BCUT2D eigenvalue weighted by Gasteiger charge is 2.10. The Morgan fingerprint density at radius 3 is 1.67 bits per heavy atom.